The first-order valence-corrected chi connectivity index (χ1v) is 10.8. The Bertz CT molecular complexity index is 704. The van der Waals surface area contributed by atoms with Crippen LogP contribution in [0, 0.1) is 18.4 Å². The van der Waals surface area contributed by atoms with Crippen LogP contribution in [0.15, 0.2) is 55.1 Å². The van der Waals surface area contributed by atoms with Gasteiger partial charge in [-0.05, 0) is 29.7 Å². The van der Waals surface area contributed by atoms with E-state index in [1.54, 1.807) is 0 Å². The lowest BCUT2D eigenvalue weighted by atomic mass is 9.95. The van der Waals surface area contributed by atoms with Crippen LogP contribution in [0.25, 0.3) is 5.57 Å². The van der Waals surface area contributed by atoms with E-state index in [-0.39, 0.29) is 0 Å². The highest BCUT2D eigenvalue weighted by Gasteiger charge is 2.09. The average molecular weight is 290 g/mol. The summed E-state index contributed by atoms with van der Waals surface area (Å²) in [6, 6.07) is 16.8. The zero-order valence-electron chi connectivity index (χ0n) is 13.3. The highest BCUT2D eigenvalue weighted by atomic mass is 28.3. The van der Waals surface area contributed by atoms with E-state index in [1.807, 2.05) is 6.07 Å². The maximum atomic E-state index is 4.27. The van der Waals surface area contributed by atoms with Crippen molar-refractivity contribution in [3.8, 4) is 11.5 Å². The van der Waals surface area contributed by atoms with Crippen LogP contribution in [0.3, 0.4) is 0 Å². The Balaban J connectivity index is 2.42. The summed E-state index contributed by atoms with van der Waals surface area (Å²) in [4.78, 5) is 0. The minimum atomic E-state index is -1.38. The van der Waals surface area contributed by atoms with Crippen LogP contribution in [0.2, 0.25) is 19.6 Å². The molecular weight excluding hydrogens is 268 g/mol. The van der Waals surface area contributed by atoms with Crippen molar-refractivity contribution in [1.82, 2.24) is 0 Å². The molecule has 0 aromatic heterocycles. The first kappa shape index (κ1) is 15.3. The lowest BCUT2D eigenvalue weighted by molar-refractivity contribution is 1.44. The maximum absolute atomic E-state index is 4.27. The third-order valence-corrected chi connectivity index (χ3v) is 4.10. The monoisotopic (exact) mass is 290 g/mol. The van der Waals surface area contributed by atoms with Gasteiger partial charge in [-0.1, -0.05) is 80.2 Å². The Labute approximate surface area is 129 Å². The van der Waals surface area contributed by atoms with Crippen LogP contribution < -0.4 is 0 Å². The SMILES string of the molecule is C=C(c1ccc(C)cc1)c1ccccc1C#C[Si](C)(C)C. The van der Waals surface area contributed by atoms with Crippen molar-refractivity contribution in [2.45, 2.75) is 26.6 Å². The van der Waals surface area contributed by atoms with Crippen molar-refractivity contribution in [2.75, 3.05) is 0 Å². The molecule has 0 aliphatic carbocycles. The highest BCUT2D eigenvalue weighted by molar-refractivity contribution is 6.83. The molecular formula is C20H22Si. The second-order valence-electron chi connectivity index (χ2n) is 6.39. The molecule has 0 fully saturated rings. The standard InChI is InChI=1S/C20H22Si/c1-16-10-12-18(13-11-16)17(2)20-9-7-6-8-19(20)14-15-21(3,4)5/h6-13H,2H2,1,3-5H3. The van der Waals surface area contributed by atoms with Crippen molar-refractivity contribution < 1.29 is 0 Å². The smallest absolute Gasteiger partial charge is 0.127 e. The Morgan fingerprint density at radius 2 is 1.57 bits per heavy atom. The molecule has 0 amide bonds. The van der Waals surface area contributed by atoms with Gasteiger partial charge in [-0.2, -0.15) is 0 Å². The molecule has 0 aliphatic rings. The fourth-order valence-corrected chi connectivity index (χ4v) is 2.53. The van der Waals surface area contributed by atoms with E-state index in [0.717, 1.165) is 22.3 Å². The molecule has 0 spiro atoms. The molecule has 0 nitrogen and oxygen atoms in total. The maximum Gasteiger partial charge on any atom is 0.129 e. The molecule has 0 N–H and O–H groups in total. The molecule has 2 aromatic carbocycles. The molecule has 0 heterocycles. The van der Waals surface area contributed by atoms with Crippen molar-refractivity contribution >= 4 is 13.6 Å². The Morgan fingerprint density at radius 1 is 0.952 bits per heavy atom. The van der Waals surface area contributed by atoms with Gasteiger partial charge in [-0.3, -0.25) is 0 Å². The number of hydrogen-bond acceptors (Lipinski definition) is 0. The van der Waals surface area contributed by atoms with Gasteiger partial charge in [0, 0.05) is 5.56 Å². The van der Waals surface area contributed by atoms with Gasteiger partial charge in [-0.15, -0.1) is 5.54 Å². The first-order valence-electron chi connectivity index (χ1n) is 7.25. The van der Waals surface area contributed by atoms with Crippen molar-refractivity contribution in [2.24, 2.45) is 0 Å². The van der Waals surface area contributed by atoms with E-state index < -0.39 is 8.07 Å². The van der Waals surface area contributed by atoms with Gasteiger partial charge in [0.05, 0.1) is 0 Å². The molecule has 2 aromatic rings. The van der Waals surface area contributed by atoms with Crippen LogP contribution in [0.5, 0.6) is 0 Å². The molecule has 0 bridgehead atoms. The molecule has 0 atom stereocenters. The third kappa shape index (κ3) is 4.21. The van der Waals surface area contributed by atoms with E-state index in [0.29, 0.717) is 0 Å². The van der Waals surface area contributed by atoms with Crippen molar-refractivity contribution in [3.05, 3.63) is 77.4 Å². The summed E-state index contributed by atoms with van der Waals surface area (Å²) in [5.41, 5.74) is 9.10. The second-order valence-corrected chi connectivity index (χ2v) is 11.1. The Hall–Kier alpha value is -2.04. The largest absolute Gasteiger partial charge is 0.129 e. The topological polar surface area (TPSA) is 0 Å². The molecule has 2 rings (SSSR count). The fourth-order valence-electron chi connectivity index (χ4n) is 2.02. The molecule has 106 valence electrons. The zero-order chi connectivity index (χ0) is 15.5. The normalized spacial score (nSPS) is 10.7. The zero-order valence-corrected chi connectivity index (χ0v) is 14.3. The molecule has 1 heteroatoms. The average Bonchev–Trinajstić information content (AvgIpc) is 2.45. The van der Waals surface area contributed by atoms with E-state index in [9.17, 15) is 0 Å². The van der Waals surface area contributed by atoms with Crippen molar-refractivity contribution in [1.29, 1.82) is 0 Å². The summed E-state index contributed by atoms with van der Waals surface area (Å²) in [6.45, 7) is 13.2. The minimum absolute atomic E-state index is 1.04. The Kier molecular flexibility index (Phi) is 4.50. The lowest BCUT2D eigenvalue weighted by Crippen LogP contribution is -2.16. The van der Waals surface area contributed by atoms with Crippen LogP contribution >= 0.6 is 0 Å². The molecule has 0 radical (unpaired) electrons. The predicted molar refractivity (Wildman–Crippen MR) is 96.0 cm³/mol. The first-order chi connectivity index (χ1) is 9.87. The molecule has 0 unspecified atom stereocenters. The van der Waals surface area contributed by atoms with Gasteiger partial charge in [0.1, 0.15) is 8.07 Å². The van der Waals surface area contributed by atoms with Crippen LogP contribution in [0.4, 0.5) is 0 Å². The number of rotatable bonds is 2. The van der Waals surface area contributed by atoms with Crippen LogP contribution in [0.1, 0.15) is 22.3 Å². The van der Waals surface area contributed by atoms with E-state index in [1.165, 1.54) is 5.56 Å². The summed E-state index contributed by atoms with van der Waals surface area (Å²) >= 11 is 0. The molecule has 21 heavy (non-hydrogen) atoms. The second kappa shape index (κ2) is 6.16. The van der Waals surface area contributed by atoms with Crippen LogP contribution in [-0.2, 0) is 0 Å². The van der Waals surface area contributed by atoms with Gasteiger partial charge in [-0.25, -0.2) is 0 Å². The van der Waals surface area contributed by atoms with Gasteiger partial charge in [0.25, 0.3) is 0 Å². The third-order valence-electron chi connectivity index (χ3n) is 3.22. The van der Waals surface area contributed by atoms with Gasteiger partial charge in [0.2, 0.25) is 0 Å². The van der Waals surface area contributed by atoms with Crippen molar-refractivity contribution in [3.63, 3.8) is 0 Å². The van der Waals surface area contributed by atoms with Gasteiger partial charge in [0.15, 0.2) is 0 Å². The summed E-state index contributed by atoms with van der Waals surface area (Å²) < 4.78 is 0. The predicted octanol–water partition coefficient (Wildman–Crippen LogP) is 5.29. The molecule has 0 aliphatic heterocycles. The summed E-state index contributed by atoms with van der Waals surface area (Å²) in [6.07, 6.45) is 0. The van der Waals surface area contributed by atoms with E-state index in [4.69, 9.17) is 0 Å². The summed E-state index contributed by atoms with van der Waals surface area (Å²) in [5, 5.41) is 0. The van der Waals surface area contributed by atoms with E-state index >= 15 is 0 Å². The minimum Gasteiger partial charge on any atom is -0.127 e. The molecule has 0 saturated carbocycles. The van der Waals surface area contributed by atoms with E-state index in [2.05, 4.69) is 87.1 Å². The molecule has 0 saturated heterocycles. The quantitative estimate of drug-likeness (QED) is 0.521. The summed E-state index contributed by atoms with van der Waals surface area (Å²) in [7, 11) is -1.38. The lowest BCUT2D eigenvalue weighted by Gasteiger charge is -2.10. The summed E-state index contributed by atoms with van der Waals surface area (Å²) in [5.74, 6) is 3.37. The Morgan fingerprint density at radius 3 is 2.19 bits per heavy atom. The number of aryl methyl sites for hydroxylation is 1. The van der Waals surface area contributed by atoms with Gasteiger partial charge < -0.3 is 0 Å². The number of benzene rings is 2. The number of hydrogen-bond donors (Lipinski definition) is 0. The highest BCUT2D eigenvalue weighted by Crippen LogP contribution is 2.24. The fraction of sp³-hybridized carbons (Fsp3) is 0.200. The van der Waals surface area contributed by atoms with Gasteiger partial charge >= 0.3 is 0 Å². The van der Waals surface area contributed by atoms with Crippen LogP contribution in [-0.4, -0.2) is 8.07 Å².